The molecule has 94 valence electrons. The average Bonchev–Trinajstić information content (AvgIpc) is 2.28. The first-order valence-electron chi connectivity index (χ1n) is 5.37. The predicted octanol–water partition coefficient (Wildman–Crippen LogP) is 2.32. The van der Waals surface area contributed by atoms with Crippen molar-refractivity contribution in [2.24, 2.45) is 0 Å². The van der Waals surface area contributed by atoms with Gasteiger partial charge in [0.2, 0.25) is 5.91 Å². The van der Waals surface area contributed by atoms with Gasteiger partial charge in [0.15, 0.2) is 0 Å². The van der Waals surface area contributed by atoms with E-state index in [0.717, 1.165) is 4.90 Å². The highest BCUT2D eigenvalue weighted by Gasteiger charge is 2.14. The molecule has 3 nitrogen and oxygen atoms in total. The van der Waals surface area contributed by atoms with Crippen LogP contribution < -0.4 is 5.32 Å². The molecular formula is C12H16ClNO2S. The summed E-state index contributed by atoms with van der Waals surface area (Å²) >= 11 is 7.24. The van der Waals surface area contributed by atoms with Crippen LogP contribution in [0.3, 0.4) is 0 Å². The molecule has 1 rings (SSSR count). The molecule has 0 radical (unpaired) electrons. The molecule has 0 aliphatic carbocycles. The topological polar surface area (TPSA) is 49.3 Å². The van der Waals surface area contributed by atoms with Gasteiger partial charge in [0.1, 0.15) is 0 Å². The van der Waals surface area contributed by atoms with Crippen LogP contribution in [0.4, 0.5) is 0 Å². The van der Waals surface area contributed by atoms with Crippen molar-refractivity contribution in [2.45, 2.75) is 30.1 Å². The van der Waals surface area contributed by atoms with Gasteiger partial charge in [0.05, 0.1) is 11.4 Å². The SMILES string of the molecule is CC(Sc1ccc(Cl)cc1)C(=O)NC[C@@H](C)O. The summed E-state index contributed by atoms with van der Waals surface area (Å²) < 4.78 is 0. The molecule has 0 spiro atoms. The molecule has 17 heavy (non-hydrogen) atoms. The Morgan fingerprint density at radius 2 is 2.00 bits per heavy atom. The Kier molecular flexibility index (Phi) is 5.82. The van der Waals surface area contributed by atoms with E-state index in [4.69, 9.17) is 16.7 Å². The van der Waals surface area contributed by atoms with Gasteiger partial charge in [-0.2, -0.15) is 0 Å². The molecule has 5 heteroatoms. The third-order valence-corrected chi connectivity index (χ3v) is 3.43. The number of nitrogens with one attached hydrogen (secondary N) is 1. The fourth-order valence-corrected chi connectivity index (χ4v) is 2.18. The Balaban J connectivity index is 2.45. The summed E-state index contributed by atoms with van der Waals surface area (Å²) in [6.45, 7) is 3.75. The minimum absolute atomic E-state index is 0.0779. The third-order valence-electron chi connectivity index (χ3n) is 2.07. The van der Waals surface area contributed by atoms with Crippen LogP contribution in [-0.4, -0.2) is 28.9 Å². The van der Waals surface area contributed by atoms with E-state index in [1.165, 1.54) is 11.8 Å². The van der Waals surface area contributed by atoms with Gasteiger partial charge in [-0.25, -0.2) is 0 Å². The first-order chi connectivity index (χ1) is 7.99. The average molecular weight is 274 g/mol. The number of hydrogen-bond acceptors (Lipinski definition) is 3. The number of aliphatic hydroxyl groups excluding tert-OH is 1. The van der Waals surface area contributed by atoms with Crippen molar-refractivity contribution in [3.63, 3.8) is 0 Å². The number of halogens is 1. The lowest BCUT2D eigenvalue weighted by molar-refractivity contribution is -0.120. The van der Waals surface area contributed by atoms with Crippen LogP contribution in [0.2, 0.25) is 5.02 Å². The van der Waals surface area contributed by atoms with E-state index in [2.05, 4.69) is 5.32 Å². The van der Waals surface area contributed by atoms with Crippen LogP contribution >= 0.6 is 23.4 Å². The number of benzene rings is 1. The Bertz CT molecular complexity index is 367. The van der Waals surface area contributed by atoms with E-state index >= 15 is 0 Å². The Morgan fingerprint density at radius 1 is 1.41 bits per heavy atom. The van der Waals surface area contributed by atoms with Crippen molar-refractivity contribution in [2.75, 3.05) is 6.54 Å². The lowest BCUT2D eigenvalue weighted by Gasteiger charge is -2.12. The van der Waals surface area contributed by atoms with Crippen LogP contribution in [0.5, 0.6) is 0 Å². The predicted molar refractivity (Wildman–Crippen MR) is 71.5 cm³/mol. The number of carbonyl (C=O) groups excluding carboxylic acids is 1. The maximum absolute atomic E-state index is 11.6. The minimum Gasteiger partial charge on any atom is -0.392 e. The second kappa shape index (κ2) is 6.89. The van der Waals surface area contributed by atoms with Crippen molar-refractivity contribution in [1.29, 1.82) is 0 Å². The largest absolute Gasteiger partial charge is 0.392 e. The van der Waals surface area contributed by atoms with Crippen molar-refractivity contribution in [3.05, 3.63) is 29.3 Å². The number of rotatable bonds is 5. The molecule has 0 bridgehead atoms. The summed E-state index contributed by atoms with van der Waals surface area (Å²) in [7, 11) is 0. The fourth-order valence-electron chi connectivity index (χ4n) is 1.16. The molecule has 0 aliphatic heterocycles. The molecule has 0 aromatic heterocycles. The Labute approximate surface area is 111 Å². The number of hydrogen-bond donors (Lipinski definition) is 2. The molecule has 0 saturated carbocycles. The molecule has 1 aromatic carbocycles. The maximum Gasteiger partial charge on any atom is 0.233 e. The Hall–Kier alpha value is -0.710. The molecule has 2 atom stereocenters. The summed E-state index contributed by atoms with van der Waals surface area (Å²) in [5, 5.41) is 12.2. The van der Waals surface area contributed by atoms with E-state index in [-0.39, 0.29) is 17.7 Å². The lowest BCUT2D eigenvalue weighted by Crippen LogP contribution is -2.35. The zero-order valence-electron chi connectivity index (χ0n) is 9.81. The first kappa shape index (κ1) is 14.4. The molecular weight excluding hydrogens is 258 g/mol. The van der Waals surface area contributed by atoms with Gasteiger partial charge < -0.3 is 10.4 Å². The molecule has 2 N–H and O–H groups in total. The molecule has 0 saturated heterocycles. The van der Waals surface area contributed by atoms with Gasteiger partial charge in [-0.1, -0.05) is 11.6 Å². The summed E-state index contributed by atoms with van der Waals surface area (Å²) in [6.07, 6.45) is -0.522. The molecule has 0 fully saturated rings. The highest BCUT2D eigenvalue weighted by atomic mass is 35.5. The standard InChI is InChI=1S/C12H16ClNO2S/c1-8(15)7-14-12(16)9(2)17-11-5-3-10(13)4-6-11/h3-6,8-9,15H,7H2,1-2H3,(H,14,16)/t8-,9?/m1/s1. The first-order valence-corrected chi connectivity index (χ1v) is 6.63. The van der Waals surface area contributed by atoms with Crippen LogP contribution in [0, 0.1) is 0 Å². The van der Waals surface area contributed by atoms with Gasteiger partial charge in [0.25, 0.3) is 0 Å². The van der Waals surface area contributed by atoms with Gasteiger partial charge >= 0.3 is 0 Å². The van der Waals surface area contributed by atoms with Crippen molar-refractivity contribution in [3.8, 4) is 0 Å². The van der Waals surface area contributed by atoms with Crippen LogP contribution in [0.1, 0.15) is 13.8 Å². The number of aliphatic hydroxyl groups is 1. The van der Waals surface area contributed by atoms with Gasteiger partial charge in [-0.15, -0.1) is 11.8 Å². The highest BCUT2D eigenvalue weighted by molar-refractivity contribution is 8.00. The zero-order chi connectivity index (χ0) is 12.8. The minimum atomic E-state index is -0.522. The van der Waals surface area contributed by atoms with Gasteiger partial charge in [0, 0.05) is 16.5 Å². The van der Waals surface area contributed by atoms with E-state index in [1.807, 2.05) is 19.1 Å². The third kappa shape index (κ3) is 5.44. The Morgan fingerprint density at radius 3 is 2.53 bits per heavy atom. The van der Waals surface area contributed by atoms with Crippen molar-refractivity contribution >= 4 is 29.3 Å². The van der Waals surface area contributed by atoms with Crippen LogP contribution in [0.15, 0.2) is 29.2 Å². The molecule has 1 unspecified atom stereocenters. The van der Waals surface area contributed by atoms with Crippen LogP contribution in [0.25, 0.3) is 0 Å². The van der Waals surface area contributed by atoms with E-state index < -0.39 is 6.10 Å². The zero-order valence-corrected chi connectivity index (χ0v) is 11.4. The smallest absolute Gasteiger partial charge is 0.233 e. The normalized spacial score (nSPS) is 14.1. The lowest BCUT2D eigenvalue weighted by atomic mass is 10.3. The van der Waals surface area contributed by atoms with E-state index in [1.54, 1.807) is 19.1 Å². The summed E-state index contributed by atoms with van der Waals surface area (Å²) in [5.74, 6) is -0.0779. The van der Waals surface area contributed by atoms with E-state index in [9.17, 15) is 4.79 Å². The molecule has 1 amide bonds. The van der Waals surface area contributed by atoms with Gasteiger partial charge in [-0.3, -0.25) is 4.79 Å². The maximum atomic E-state index is 11.6. The summed E-state index contributed by atoms with van der Waals surface area (Å²) in [6, 6.07) is 7.35. The van der Waals surface area contributed by atoms with Crippen molar-refractivity contribution in [1.82, 2.24) is 5.32 Å². The monoisotopic (exact) mass is 273 g/mol. The van der Waals surface area contributed by atoms with Crippen molar-refractivity contribution < 1.29 is 9.90 Å². The van der Waals surface area contributed by atoms with E-state index in [0.29, 0.717) is 5.02 Å². The molecule has 0 aliphatic rings. The highest BCUT2D eigenvalue weighted by Crippen LogP contribution is 2.24. The summed E-state index contributed by atoms with van der Waals surface area (Å²) in [5.41, 5.74) is 0. The van der Waals surface area contributed by atoms with Gasteiger partial charge in [-0.05, 0) is 38.1 Å². The fraction of sp³-hybridized carbons (Fsp3) is 0.417. The van der Waals surface area contributed by atoms with Crippen LogP contribution in [-0.2, 0) is 4.79 Å². The molecule has 0 heterocycles. The summed E-state index contributed by atoms with van der Waals surface area (Å²) in [4.78, 5) is 12.6. The second-order valence-electron chi connectivity index (χ2n) is 3.81. The second-order valence-corrected chi connectivity index (χ2v) is 5.66. The number of amides is 1. The quantitative estimate of drug-likeness (QED) is 0.810. The molecule has 1 aromatic rings. The number of thioether (sulfide) groups is 1. The number of carbonyl (C=O) groups is 1.